The summed E-state index contributed by atoms with van der Waals surface area (Å²) in [5.74, 6) is -0.111. The molecule has 2 amide bonds. The predicted molar refractivity (Wildman–Crippen MR) is 139 cm³/mol. The number of hydrogen-bond acceptors (Lipinski definition) is 6. The Kier molecular flexibility index (Phi) is 5.90. The Bertz CT molecular complexity index is 1400. The number of aromatic nitrogens is 4. The molecule has 1 aliphatic heterocycles. The Hall–Kier alpha value is -3.76. The SMILES string of the molecule is CN1CCN(C(=O)c2nn(-c3ccc(NC(=O)Cn4ccnc4)cc3)c3c2CCc2sccc2-3)CC1. The van der Waals surface area contributed by atoms with Crippen LogP contribution in [0, 0.1) is 0 Å². The van der Waals surface area contributed by atoms with E-state index in [1.807, 2.05) is 33.8 Å². The van der Waals surface area contributed by atoms with Crippen molar-refractivity contribution < 1.29 is 9.59 Å². The van der Waals surface area contributed by atoms with Crippen molar-refractivity contribution in [1.82, 2.24) is 29.1 Å². The zero-order chi connectivity index (χ0) is 24.6. The summed E-state index contributed by atoms with van der Waals surface area (Å²) >= 11 is 1.75. The van der Waals surface area contributed by atoms with E-state index in [1.165, 1.54) is 4.88 Å². The van der Waals surface area contributed by atoms with E-state index in [0.29, 0.717) is 24.5 Å². The number of fused-ring (bicyclic) bond motifs is 3. The zero-order valence-electron chi connectivity index (χ0n) is 20.1. The standard InChI is InChI=1S/C26H27N7O2S/c1-30-11-13-32(14-12-30)26(35)24-21-6-7-22-20(8-15-36-22)25(21)33(29-24)19-4-2-18(3-5-19)28-23(34)16-31-10-9-27-17-31/h2-5,8-10,15,17H,6-7,11-14,16H2,1H3,(H,28,34). The van der Waals surface area contributed by atoms with Gasteiger partial charge in [0.1, 0.15) is 6.54 Å². The van der Waals surface area contributed by atoms with Crippen LogP contribution in [0.25, 0.3) is 16.9 Å². The highest BCUT2D eigenvalue weighted by molar-refractivity contribution is 7.10. The lowest BCUT2D eigenvalue weighted by atomic mass is 9.94. The minimum Gasteiger partial charge on any atom is -0.335 e. The fraction of sp³-hybridized carbons (Fsp3) is 0.308. The molecule has 9 nitrogen and oxygen atoms in total. The second-order valence-electron chi connectivity index (χ2n) is 9.27. The van der Waals surface area contributed by atoms with Gasteiger partial charge in [-0.25, -0.2) is 9.67 Å². The highest BCUT2D eigenvalue weighted by atomic mass is 32.1. The first-order chi connectivity index (χ1) is 17.6. The van der Waals surface area contributed by atoms with Gasteiger partial charge in [0.05, 0.1) is 17.7 Å². The summed E-state index contributed by atoms with van der Waals surface area (Å²) in [5, 5.41) is 9.93. The van der Waals surface area contributed by atoms with Crippen LogP contribution in [0.1, 0.15) is 20.9 Å². The summed E-state index contributed by atoms with van der Waals surface area (Å²) in [7, 11) is 2.08. The Labute approximate surface area is 213 Å². The number of carbonyl (C=O) groups is 2. The molecule has 3 aromatic heterocycles. The van der Waals surface area contributed by atoms with E-state index in [-0.39, 0.29) is 18.4 Å². The first-order valence-corrected chi connectivity index (χ1v) is 13.0. The van der Waals surface area contributed by atoms with Crippen LogP contribution in [0.3, 0.4) is 0 Å². The second-order valence-corrected chi connectivity index (χ2v) is 10.3. The van der Waals surface area contributed by atoms with Crippen LogP contribution in [-0.2, 0) is 24.2 Å². The molecule has 2 aliphatic rings. The van der Waals surface area contributed by atoms with E-state index < -0.39 is 0 Å². The Morgan fingerprint density at radius 3 is 2.61 bits per heavy atom. The summed E-state index contributed by atoms with van der Waals surface area (Å²) in [6.45, 7) is 3.38. The number of hydrogen-bond donors (Lipinski definition) is 1. The molecule has 1 aliphatic carbocycles. The average molecular weight is 502 g/mol. The van der Waals surface area contributed by atoms with Gasteiger partial charge < -0.3 is 19.7 Å². The van der Waals surface area contributed by atoms with E-state index >= 15 is 0 Å². The van der Waals surface area contributed by atoms with Gasteiger partial charge in [-0.05, 0) is 55.6 Å². The van der Waals surface area contributed by atoms with Gasteiger partial charge in [0, 0.05) is 60.3 Å². The van der Waals surface area contributed by atoms with Crippen molar-refractivity contribution in [2.24, 2.45) is 0 Å². The van der Waals surface area contributed by atoms with E-state index in [2.05, 4.69) is 33.7 Å². The summed E-state index contributed by atoms with van der Waals surface area (Å²) < 4.78 is 3.62. The quantitative estimate of drug-likeness (QED) is 0.454. The number of anilines is 1. The van der Waals surface area contributed by atoms with Gasteiger partial charge in [-0.2, -0.15) is 5.10 Å². The maximum Gasteiger partial charge on any atom is 0.274 e. The van der Waals surface area contributed by atoms with E-state index in [1.54, 1.807) is 34.6 Å². The average Bonchev–Trinajstić information content (AvgIpc) is 3.64. The predicted octanol–water partition coefficient (Wildman–Crippen LogP) is 2.92. The number of rotatable bonds is 5. The summed E-state index contributed by atoms with van der Waals surface area (Å²) in [4.78, 5) is 35.4. The fourth-order valence-electron chi connectivity index (χ4n) is 4.90. The maximum absolute atomic E-state index is 13.6. The van der Waals surface area contributed by atoms with Crippen molar-refractivity contribution in [1.29, 1.82) is 0 Å². The zero-order valence-corrected chi connectivity index (χ0v) is 20.9. The molecule has 0 spiro atoms. The van der Waals surface area contributed by atoms with Crippen molar-refractivity contribution in [2.45, 2.75) is 19.4 Å². The fourth-order valence-corrected chi connectivity index (χ4v) is 5.78. The molecule has 0 radical (unpaired) electrons. The first kappa shape index (κ1) is 22.7. The largest absolute Gasteiger partial charge is 0.335 e. The third-order valence-corrected chi connectivity index (χ3v) is 7.84. The summed E-state index contributed by atoms with van der Waals surface area (Å²) in [5.41, 5.74) is 5.31. The Morgan fingerprint density at radius 1 is 1.06 bits per heavy atom. The van der Waals surface area contributed by atoms with Crippen LogP contribution >= 0.6 is 11.3 Å². The highest BCUT2D eigenvalue weighted by Crippen LogP contribution is 2.39. The number of piperazine rings is 1. The molecule has 4 heterocycles. The van der Waals surface area contributed by atoms with Crippen LogP contribution in [0.4, 0.5) is 5.69 Å². The van der Waals surface area contributed by atoms with Crippen LogP contribution in [0.2, 0.25) is 0 Å². The van der Waals surface area contributed by atoms with Crippen molar-refractivity contribution in [3.63, 3.8) is 0 Å². The molecule has 1 N–H and O–H groups in total. The molecular weight excluding hydrogens is 474 g/mol. The third kappa shape index (κ3) is 4.22. The van der Waals surface area contributed by atoms with Crippen LogP contribution in [0.15, 0.2) is 54.4 Å². The molecular formula is C26H27N7O2S. The maximum atomic E-state index is 13.6. The Balaban J connectivity index is 1.31. The lowest BCUT2D eigenvalue weighted by molar-refractivity contribution is -0.116. The molecule has 184 valence electrons. The molecule has 1 saturated heterocycles. The smallest absolute Gasteiger partial charge is 0.274 e. The molecule has 0 atom stereocenters. The van der Waals surface area contributed by atoms with Gasteiger partial charge in [-0.15, -0.1) is 11.3 Å². The molecule has 1 fully saturated rings. The number of nitrogens with zero attached hydrogens (tertiary/aromatic N) is 6. The number of carbonyl (C=O) groups excluding carboxylic acids is 2. The molecule has 0 bridgehead atoms. The second kappa shape index (κ2) is 9.36. The minimum absolute atomic E-state index is 0.0140. The number of nitrogens with one attached hydrogen (secondary N) is 1. The first-order valence-electron chi connectivity index (χ1n) is 12.1. The number of amides is 2. The van der Waals surface area contributed by atoms with E-state index in [9.17, 15) is 9.59 Å². The van der Waals surface area contributed by atoms with Crippen molar-refractivity contribution >= 4 is 28.8 Å². The van der Waals surface area contributed by atoms with Gasteiger partial charge in [0.2, 0.25) is 5.91 Å². The third-order valence-electron chi connectivity index (χ3n) is 6.86. The monoisotopic (exact) mass is 501 g/mol. The van der Waals surface area contributed by atoms with E-state index in [4.69, 9.17) is 5.10 Å². The summed E-state index contributed by atoms with van der Waals surface area (Å²) in [6, 6.07) is 9.74. The number of likely N-dealkylation sites (N-methyl/N-ethyl adjacent to an activating group) is 1. The van der Waals surface area contributed by atoms with Crippen LogP contribution < -0.4 is 5.32 Å². The van der Waals surface area contributed by atoms with Crippen molar-refractivity contribution in [3.8, 4) is 16.9 Å². The normalized spacial score (nSPS) is 15.4. The van der Waals surface area contributed by atoms with Gasteiger partial charge in [0.15, 0.2) is 5.69 Å². The molecule has 0 saturated carbocycles. The van der Waals surface area contributed by atoms with Gasteiger partial charge >= 0.3 is 0 Å². The van der Waals surface area contributed by atoms with Gasteiger partial charge in [0.25, 0.3) is 5.91 Å². The van der Waals surface area contributed by atoms with Crippen LogP contribution in [-0.4, -0.2) is 74.2 Å². The number of imidazole rings is 1. The van der Waals surface area contributed by atoms with Crippen LogP contribution in [0.5, 0.6) is 0 Å². The number of benzene rings is 1. The summed E-state index contributed by atoms with van der Waals surface area (Å²) in [6.07, 6.45) is 6.75. The topological polar surface area (TPSA) is 88.3 Å². The molecule has 0 unspecified atom stereocenters. The highest BCUT2D eigenvalue weighted by Gasteiger charge is 2.32. The Morgan fingerprint density at radius 2 is 1.86 bits per heavy atom. The van der Waals surface area contributed by atoms with Crippen molar-refractivity contribution in [3.05, 3.63) is 70.6 Å². The lowest BCUT2D eigenvalue weighted by Crippen LogP contribution is -2.47. The molecule has 6 rings (SSSR count). The molecule has 10 heteroatoms. The lowest BCUT2D eigenvalue weighted by Gasteiger charge is -2.32. The minimum atomic E-state index is -0.125. The van der Waals surface area contributed by atoms with Gasteiger partial charge in [-0.3, -0.25) is 9.59 Å². The van der Waals surface area contributed by atoms with Crippen molar-refractivity contribution in [2.75, 3.05) is 38.5 Å². The number of aryl methyl sites for hydroxylation is 1. The molecule has 4 aromatic rings. The number of thiophene rings is 1. The molecule has 1 aromatic carbocycles. The van der Waals surface area contributed by atoms with Gasteiger partial charge in [-0.1, -0.05) is 0 Å². The van der Waals surface area contributed by atoms with E-state index in [0.717, 1.165) is 48.4 Å². The molecule has 36 heavy (non-hydrogen) atoms.